The lowest BCUT2D eigenvalue weighted by atomic mass is 10.2. The largest absolute Gasteiger partial charge is 0.375 e. The van der Waals surface area contributed by atoms with Crippen molar-refractivity contribution in [2.45, 2.75) is 19.3 Å². The third-order valence-corrected chi connectivity index (χ3v) is 4.06. The summed E-state index contributed by atoms with van der Waals surface area (Å²) in [5.74, 6) is 0.735. The number of aryl methyl sites for hydroxylation is 3. The first kappa shape index (κ1) is 13.1. The van der Waals surface area contributed by atoms with Gasteiger partial charge in [0.05, 0.1) is 16.7 Å². The number of hydrogen-bond acceptors (Lipinski definition) is 4. The molecule has 2 aromatic heterocycles. The van der Waals surface area contributed by atoms with Crippen molar-refractivity contribution in [2.24, 2.45) is 7.05 Å². The molecule has 0 aliphatic rings. The van der Waals surface area contributed by atoms with E-state index in [0.29, 0.717) is 5.13 Å². The van der Waals surface area contributed by atoms with Crippen LogP contribution in [0.25, 0.3) is 11.0 Å². The number of imidazole rings is 1. The number of aromatic nitrogens is 3. The second kappa shape index (κ2) is 5.20. The maximum Gasteiger partial charge on any atom is 0.180 e. The second-order valence-electron chi connectivity index (χ2n) is 4.75. The molecule has 104 valence electrons. The number of nitrogen functional groups attached to an aromatic ring is 1. The Kier molecular flexibility index (Phi) is 3.40. The lowest BCUT2D eigenvalue weighted by Gasteiger charge is -2.01. The van der Waals surface area contributed by atoms with Crippen LogP contribution in [0, 0.1) is 5.82 Å². The molecule has 0 fully saturated rings. The van der Waals surface area contributed by atoms with Gasteiger partial charge in [0.15, 0.2) is 5.13 Å². The van der Waals surface area contributed by atoms with Crippen molar-refractivity contribution in [3.05, 3.63) is 40.9 Å². The molecule has 0 spiro atoms. The first-order chi connectivity index (χ1) is 9.63. The molecule has 3 aromatic rings. The molecule has 0 aliphatic carbocycles. The summed E-state index contributed by atoms with van der Waals surface area (Å²) >= 11 is 1.46. The minimum atomic E-state index is -0.231. The number of fused-ring (bicyclic) bond motifs is 1. The minimum Gasteiger partial charge on any atom is -0.375 e. The standard InChI is InChI=1S/C14H15FN4S/c1-19-12-7-9(15)5-6-11(12)18-13(19)4-2-3-10-8-20-14(16)17-10/h5-8H,2-4H2,1H3,(H2,16,17). The number of thiazole rings is 1. The molecular weight excluding hydrogens is 275 g/mol. The molecule has 0 saturated carbocycles. The van der Waals surface area contributed by atoms with Crippen LogP contribution in [0.3, 0.4) is 0 Å². The Hall–Kier alpha value is -1.95. The van der Waals surface area contributed by atoms with Crippen molar-refractivity contribution in [2.75, 3.05) is 5.73 Å². The van der Waals surface area contributed by atoms with E-state index in [1.54, 1.807) is 6.07 Å². The quantitative estimate of drug-likeness (QED) is 0.803. The van der Waals surface area contributed by atoms with Crippen LogP contribution in [0.4, 0.5) is 9.52 Å². The van der Waals surface area contributed by atoms with E-state index >= 15 is 0 Å². The van der Waals surface area contributed by atoms with E-state index in [-0.39, 0.29) is 5.82 Å². The van der Waals surface area contributed by atoms with E-state index in [0.717, 1.165) is 41.8 Å². The minimum absolute atomic E-state index is 0.231. The van der Waals surface area contributed by atoms with Crippen LogP contribution in [-0.2, 0) is 19.9 Å². The van der Waals surface area contributed by atoms with Crippen molar-refractivity contribution < 1.29 is 4.39 Å². The predicted octanol–water partition coefficient (Wildman–Crippen LogP) is 2.93. The van der Waals surface area contributed by atoms with E-state index in [1.165, 1.54) is 23.5 Å². The Morgan fingerprint density at radius 1 is 1.30 bits per heavy atom. The first-order valence-electron chi connectivity index (χ1n) is 6.44. The number of hydrogen-bond donors (Lipinski definition) is 1. The zero-order chi connectivity index (χ0) is 14.1. The van der Waals surface area contributed by atoms with Gasteiger partial charge in [-0.2, -0.15) is 0 Å². The van der Waals surface area contributed by atoms with Gasteiger partial charge < -0.3 is 10.3 Å². The number of halogens is 1. The molecule has 0 saturated heterocycles. The molecule has 0 aliphatic heterocycles. The third kappa shape index (κ3) is 2.51. The lowest BCUT2D eigenvalue weighted by Crippen LogP contribution is -1.99. The van der Waals surface area contributed by atoms with Gasteiger partial charge in [-0.25, -0.2) is 14.4 Å². The van der Waals surface area contributed by atoms with E-state index in [9.17, 15) is 4.39 Å². The Bertz CT molecular complexity index is 747. The Balaban J connectivity index is 1.72. The summed E-state index contributed by atoms with van der Waals surface area (Å²) in [5.41, 5.74) is 8.30. The van der Waals surface area contributed by atoms with Crippen molar-refractivity contribution in [3.63, 3.8) is 0 Å². The highest BCUT2D eigenvalue weighted by Gasteiger charge is 2.08. The lowest BCUT2D eigenvalue weighted by molar-refractivity contribution is 0.628. The smallest absolute Gasteiger partial charge is 0.180 e. The maximum absolute atomic E-state index is 13.2. The number of rotatable bonds is 4. The van der Waals surface area contributed by atoms with Gasteiger partial charge in [-0.05, 0) is 31.0 Å². The molecule has 2 heterocycles. The molecule has 0 bridgehead atoms. The van der Waals surface area contributed by atoms with E-state index in [4.69, 9.17) is 5.73 Å². The molecule has 0 unspecified atom stereocenters. The van der Waals surface area contributed by atoms with Crippen LogP contribution in [0.2, 0.25) is 0 Å². The highest BCUT2D eigenvalue weighted by atomic mass is 32.1. The second-order valence-corrected chi connectivity index (χ2v) is 5.64. The van der Waals surface area contributed by atoms with Crippen molar-refractivity contribution in [1.82, 2.24) is 14.5 Å². The summed E-state index contributed by atoms with van der Waals surface area (Å²) < 4.78 is 15.2. The topological polar surface area (TPSA) is 56.7 Å². The summed E-state index contributed by atoms with van der Waals surface area (Å²) in [7, 11) is 1.92. The first-order valence-corrected chi connectivity index (χ1v) is 7.32. The average molecular weight is 290 g/mol. The molecule has 2 N–H and O–H groups in total. The molecule has 6 heteroatoms. The van der Waals surface area contributed by atoms with E-state index in [1.807, 2.05) is 17.0 Å². The third-order valence-electron chi connectivity index (χ3n) is 3.34. The van der Waals surface area contributed by atoms with Gasteiger partial charge in [-0.15, -0.1) is 11.3 Å². The number of nitrogens with zero attached hydrogens (tertiary/aromatic N) is 3. The van der Waals surface area contributed by atoms with Crippen LogP contribution >= 0.6 is 11.3 Å². The van der Waals surface area contributed by atoms with Gasteiger partial charge in [-0.1, -0.05) is 0 Å². The summed E-state index contributed by atoms with van der Waals surface area (Å²) in [6, 6.07) is 4.68. The number of benzene rings is 1. The molecule has 3 rings (SSSR count). The normalized spacial score (nSPS) is 11.3. The molecule has 1 aromatic carbocycles. The van der Waals surface area contributed by atoms with E-state index in [2.05, 4.69) is 9.97 Å². The summed E-state index contributed by atoms with van der Waals surface area (Å²) in [4.78, 5) is 8.78. The highest BCUT2D eigenvalue weighted by Crippen LogP contribution is 2.18. The SMILES string of the molecule is Cn1c(CCCc2csc(N)n2)nc2ccc(F)cc21. The van der Waals surface area contributed by atoms with Gasteiger partial charge in [-0.3, -0.25) is 0 Å². The Morgan fingerprint density at radius 2 is 2.15 bits per heavy atom. The van der Waals surface area contributed by atoms with Crippen LogP contribution in [0.5, 0.6) is 0 Å². The molecule has 0 amide bonds. The fourth-order valence-corrected chi connectivity index (χ4v) is 2.90. The molecular formula is C14H15FN4S. The molecule has 0 radical (unpaired) electrons. The van der Waals surface area contributed by atoms with Crippen LogP contribution in [0.15, 0.2) is 23.6 Å². The van der Waals surface area contributed by atoms with Gasteiger partial charge >= 0.3 is 0 Å². The van der Waals surface area contributed by atoms with Crippen LogP contribution < -0.4 is 5.73 Å². The van der Waals surface area contributed by atoms with Gasteiger partial charge in [0.2, 0.25) is 0 Å². The molecule has 20 heavy (non-hydrogen) atoms. The Labute approximate surface area is 120 Å². The van der Waals surface area contributed by atoms with Gasteiger partial charge in [0.25, 0.3) is 0 Å². The molecule has 4 nitrogen and oxygen atoms in total. The van der Waals surface area contributed by atoms with E-state index < -0.39 is 0 Å². The number of nitrogens with two attached hydrogens (primary N) is 1. The van der Waals surface area contributed by atoms with Crippen molar-refractivity contribution >= 4 is 27.5 Å². The van der Waals surface area contributed by atoms with Crippen LogP contribution in [0.1, 0.15) is 17.9 Å². The summed E-state index contributed by atoms with van der Waals surface area (Å²) in [5, 5.41) is 2.60. The highest BCUT2D eigenvalue weighted by molar-refractivity contribution is 7.13. The zero-order valence-electron chi connectivity index (χ0n) is 11.1. The maximum atomic E-state index is 13.2. The fraction of sp³-hybridized carbons (Fsp3) is 0.286. The van der Waals surface area contributed by atoms with Gasteiger partial charge in [0.1, 0.15) is 11.6 Å². The fourth-order valence-electron chi connectivity index (χ4n) is 2.30. The van der Waals surface area contributed by atoms with Gasteiger partial charge in [0, 0.05) is 18.8 Å². The summed E-state index contributed by atoms with van der Waals surface area (Å²) in [6.07, 6.45) is 2.66. The molecule has 0 atom stereocenters. The average Bonchev–Trinajstić information content (AvgIpc) is 2.96. The number of anilines is 1. The summed E-state index contributed by atoms with van der Waals surface area (Å²) in [6.45, 7) is 0. The zero-order valence-corrected chi connectivity index (χ0v) is 12.0. The monoisotopic (exact) mass is 290 g/mol. The van der Waals surface area contributed by atoms with Crippen molar-refractivity contribution in [1.29, 1.82) is 0 Å². The Morgan fingerprint density at radius 3 is 2.90 bits per heavy atom. The van der Waals surface area contributed by atoms with Crippen molar-refractivity contribution in [3.8, 4) is 0 Å². The predicted molar refractivity (Wildman–Crippen MR) is 79.2 cm³/mol. The van der Waals surface area contributed by atoms with Crippen LogP contribution in [-0.4, -0.2) is 14.5 Å².